The molecule has 1 atom stereocenters. The summed E-state index contributed by atoms with van der Waals surface area (Å²) < 4.78 is 9.88. The van der Waals surface area contributed by atoms with Gasteiger partial charge in [-0.1, -0.05) is 6.08 Å². The highest BCUT2D eigenvalue weighted by Crippen LogP contribution is 2.18. The monoisotopic (exact) mass is 172 g/mol. The maximum absolute atomic E-state index is 9.48. The van der Waals surface area contributed by atoms with E-state index in [0.29, 0.717) is 13.4 Å². The molecular formula is C9H16O3. The van der Waals surface area contributed by atoms with Gasteiger partial charge in [0.1, 0.15) is 6.79 Å². The van der Waals surface area contributed by atoms with Gasteiger partial charge in [0.25, 0.3) is 0 Å². The summed E-state index contributed by atoms with van der Waals surface area (Å²) in [4.78, 5) is 0. The number of hydrogen-bond acceptors (Lipinski definition) is 3. The van der Waals surface area contributed by atoms with Gasteiger partial charge in [0.2, 0.25) is 0 Å². The molecule has 12 heavy (non-hydrogen) atoms. The van der Waals surface area contributed by atoms with Crippen molar-refractivity contribution < 1.29 is 14.6 Å². The van der Waals surface area contributed by atoms with Crippen molar-refractivity contribution >= 4 is 0 Å². The van der Waals surface area contributed by atoms with E-state index in [1.807, 2.05) is 0 Å². The summed E-state index contributed by atoms with van der Waals surface area (Å²) in [7, 11) is 1.59. The van der Waals surface area contributed by atoms with Crippen molar-refractivity contribution in [3.8, 4) is 0 Å². The largest absolute Gasteiger partial charge is 0.389 e. The van der Waals surface area contributed by atoms with E-state index >= 15 is 0 Å². The molecule has 1 aliphatic rings. The highest BCUT2D eigenvalue weighted by molar-refractivity contribution is 5.11. The topological polar surface area (TPSA) is 38.7 Å². The highest BCUT2D eigenvalue weighted by Gasteiger charge is 2.13. The molecule has 0 bridgehead atoms. The summed E-state index contributed by atoms with van der Waals surface area (Å²) in [6.07, 6.45) is 4.76. The predicted molar refractivity (Wildman–Crippen MR) is 45.8 cm³/mol. The molecule has 1 unspecified atom stereocenters. The van der Waals surface area contributed by atoms with Crippen LogP contribution in [0.25, 0.3) is 0 Å². The van der Waals surface area contributed by atoms with Crippen LogP contribution in [0.3, 0.4) is 0 Å². The van der Waals surface area contributed by atoms with Gasteiger partial charge in [0, 0.05) is 7.11 Å². The molecule has 0 aromatic heterocycles. The fourth-order valence-corrected chi connectivity index (χ4v) is 1.32. The number of methoxy groups -OCH3 is 1. The van der Waals surface area contributed by atoms with Crippen molar-refractivity contribution in [1.82, 2.24) is 0 Å². The minimum atomic E-state index is -0.296. The van der Waals surface area contributed by atoms with Crippen LogP contribution >= 0.6 is 0 Å². The molecule has 0 radical (unpaired) electrons. The standard InChI is InChI=1S/C9H16O3/c1-11-7-12-6-8-4-2-3-5-9(8)10/h4,9-10H,2-3,5-7H2,1H3. The van der Waals surface area contributed by atoms with Crippen LogP contribution in [0.4, 0.5) is 0 Å². The number of aliphatic hydroxyl groups is 1. The molecule has 0 fully saturated rings. The van der Waals surface area contributed by atoms with Crippen molar-refractivity contribution in [2.45, 2.75) is 25.4 Å². The van der Waals surface area contributed by atoms with Crippen LogP contribution in [0.1, 0.15) is 19.3 Å². The molecule has 0 saturated carbocycles. The number of hydrogen-bond donors (Lipinski definition) is 1. The Bertz CT molecular complexity index is 154. The van der Waals surface area contributed by atoms with E-state index in [1.54, 1.807) is 7.11 Å². The Hall–Kier alpha value is -0.380. The average Bonchev–Trinajstić information content (AvgIpc) is 2.09. The van der Waals surface area contributed by atoms with Crippen LogP contribution in [0.2, 0.25) is 0 Å². The molecule has 3 heteroatoms. The summed E-state index contributed by atoms with van der Waals surface area (Å²) in [5.74, 6) is 0. The summed E-state index contributed by atoms with van der Waals surface area (Å²) in [6, 6.07) is 0. The zero-order chi connectivity index (χ0) is 8.81. The van der Waals surface area contributed by atoms with Gasteiger partial charge in [0.05, 0.1) is 12.7 Å². The Morgan fingerprint density at radius 2 is 2.50 bits per heavy atom. The lowest BCUT2D eigenvalue weighted by atomic mass is 9.97. The molecular weight excluding hydrogens is 156 g/mol. The second-order valence-corrected chi connectivity index (χ2v) is 2.98. The normalized spacial score (nSPS) is 23.8. The van der Waals surface area contributed by atoms with Gasteiger partial charge in [-0.25, -0.2) is 0 Å². The van der Waals surface area contributed by atoms with Crippen molar-refractivity contribution in [3.05, 3.63) is 11.6 Å². The molecule has 1 rings (SSSR count). The smallest absolute Gasteiger partial charge is 0.146 e. The number of aliphatic hydroxyl groups excluding tert-OH is 1. The van der Waals surface area contributed by atoms with E-state index in [9.17, 15) is 5.11 Å². The number of allylic oxidation sites excluding steroid dienone is 1. The van der Waals surface area contributed by atoms with Gasteiger partial charge in [-0.15, -0.1) is 0 Å². The first kappa shape index (κ1) is 9.71. The summed E-state index contributed by atoms with van der Waals surface area (Å²) >= 11 is 0. The van der Waals surface area contributed by atoms with Gasteiger partial charge in [-0.3, -0.25) is 0 Å². The number of ether oxygens (including phenoxy) is 2. The molecule has 0 amide bonds. The van der Waals surface area contributed by atoms with Gasteiger partial charge in [-0.2, -0.15) is 0 Å². The first-order valence-corrected chi connectivity index (χ1v) is 4.28. The molecule has 1 aliphatic carbocycles. The average molecular weight is 172 g/mol. The first-order valence-electron chi connectivity index (χ1n) is 4.28. The van der Waals surface area contributed by atoms with E-state index < -0.39 is 0 Å². The lowest BCUT2D eigenvalue weighted by molar-refractivity contribution is -0.0261. The molecule has 0 aromatic carbocycles. The third-order valence-corrected chi connectivity index (χ3v) is 1.99. The molecule has 0 aromatic rings. The third kappa shape index (κ3) is 2.93. The maximum atomic E-state index is 9.48. The van der Waals surface area contributed by atoms with Crippen LogP contribution in [0.15, 0.2) is 11.6 Å². The van der Waals surface area contributed by atoms with Gasteiger partial charge < -0.3 is 14.6 Å². The van der Waals surface area contributed by atoms with Crippen LogP contribution in [-0.2, 0) is 9.47 Å². The molecule has 3 nitrogen and oxygen atoms in total. The molecule has 0 heterocycles. The van der Waals surface area contributed by atoms with Gasteiger partial charge >= 0.3 is 0 Å². The van der Waals surface area contributed by atoms with E-state index in [2.05, 4.69) is 6.08 Å². The van der Waals surface area contributed by atoms with Crippen LogP contribution in [0.5, 0.6) is 0 Å². The fraction of sp³-hybridized carbons (Fsp3) is 0.778. The molecule has 0 aliphatic heterocycles. The second-order valence-electron chi connectivity index (χ2n) is 2.98. The Kier molecular flexibility index (Phi) is 4.29. The van der Waals surface area contributed by atoms with Gasteiger partial charge in [-0.05, 0) is 24.8 Å². The van der Waals surface area contributed by atoms with Crippen LogP contribution in [-0.4, -0.2) is 31.7 Å². The first-order chi connectivity index (χ1) is 5.84. The highest BCUT2D eigenvalue weighted by atomic mass is 16.7. The minimum absolute atomic E-state index is 0.296. The van der Waals surface area contributed by atoms with Gasteiger partial charge in [0.15, 0.2) is 0 Å². The second kappa shape index (κ2) is 5.30. The minimum Gasteiger partial charge on any atom is -0.389 e. The van der Waals surface area contributed by atoms with Crippen LogP contribution in [0, 0.1) is 0 Å². The van der Waals surface area contributed by atoms with E-state index in [4.69, 9.17) is 9.47 Å². The lowest BCUT2D eigenvalue weighted by Gasteiger charge is -2.18. The number of rotatable bonds is 4. The molecule has 0 saturated heterocycles. The predicted octanol–water partition coefficient (Wildman–Crippen LogP) is 1.08. The van der Waals surface area contributed by atoms with E-state index in [0.717, 1.165) is 24.8 Å². The quantitative estimate of drug-likeness (QED) is 0.392. The Labute approximate surface area is 73.0 Å². The SMILES string of the molecule is COCOCC1=CCCCC1O. The molecule has 1 N–H and O–H groups in total. The summed E-state index contributed by atoms with van der Waals surface area (Å²) in [5.41, 5.74) is 0.998. The Morgan fingerprint density at radius 3 is 3.17 bits per heavy atom. The van der Waals surface area contributed by atoms with Crippen molar-refractivity contribution in [2.24, 2.45) is 0 Å². The zero-order valence-corrected chi connectivity index (χ0v) is 7.45. The summed E-state index contributed by atoms with van der Waals surface area (Å²) in [5, 5.41) is 9.48. The zero-order valence-electron chi connectivity index (χ0n) is 7.45. The Morgan fingerprint density at radius 1 is 1.67 bits per heavy atom. The van der Waals surface area contributed by atoms with Crippen molar-refractivity contribution in [2.75, 3.05) is 20.5 Å². The van der Waals surface area contributed by atoms with E-state index in [-0.39, 0.29) is 6.10 Å². The third-order valence-electron chi connectivity index (χ3n) is 1.99. The van der Waals surface area contributed by atoms with Crippen molar-refractivity contribution in [3.63, 3.8) is 0 Å². The van der Waals surface area contributed by atoms with Crippen LogP contribution < -0.4 is 0 Å². The van der Waals surface area contributed by atoms with Crippen molar-refractivity contribution in [1.29, 1.82) is 0 Å². The van der Waals surface area contributed by atoms with E-state index in [1.165, 1.54) is 0 Å². The fourth-order valence-electron chi connectivity index (χ4n) is 1.32. The molecule has 70 valence electrons. The lowest BCUT2D eigenvalue weighted by Crippen LogP contribution is -2.18. The summed E-state index contributed by atoms with van der Waals surface area (Å²) in [6.45, 7) is 0.791. The Balaban J connectivity index is 2.24. The molecule has 0 spiro atoms. The maximum Gasteiger partial charge on any atom is 0.146 e.